The maximum Gasteiger partial charge on any atom is 0.224 e. The van der Waals surface area contributed by atoms with E-state index in [4.69, 9.17) is 4.74 Å². The predicted octanol–water partition coefficient (Wildman–Crippen LogP) is 2.45. The van der Waals surface area contributed by atoms with Gasteiger partial charge in [-0.05, 0) is 56.1 Å². The van der Waals surface area contributed by atoms with Gasteiger partial charge < -0.3 is 15.4 Å². The van der Waals surface area contributed by atoms with Crippen LogP contribution in [0, 0.1) is 5.92 Å². The summed E-state index contributed by atoms with van der Waals surface area (Å²) in [5.41, 5.74) is 0.824. The second-order valence-corrected chi connectivity index (χ2v) is 4.67. The van der Waals surface area contributed by atoms with Gasteiger partial charge >= 0.3 is 0 Å². The van der Waals surface area contributed by atoms with Crippen molar-refractivity contribution in [2.75, 3.05) is 25.5 Å². The molecule has 2 N–H and O–H groups in total. The highest BCUT2D eigenvalue weighted by molar-refractivity contribution is 5.90. The molecule has 0 aromatic heterocycles. The third kappa shape index (κ3) is 5.09. The number of nitrogens with one attached hydrogen (secondary N) is 2. The lowest BCUT2D eigenvalue weighted by molar-refractivity contribution is -0.116. The first-order valence-corrected chi connectivity index (χ1v) is 6.42. The van der Waals surface area contributed by atoms with Crippen molar-refractivity contribution in [3.05, 3.63) is 24.3 Å². The standard InChI is InChI=1S/C14H20N2O2.ClH/c1-18-13-5-3-12(4-6-13)16-14(17)7-2-11-8-9-15-10-11;/h3-6,11,15H,2,7-10H2,1H3,(H,16,17);1H. The Morgan fingerprint density at radius 2 is 2.16 bits per heavy atom. The zero-order valence-corrected chi connectivity index (χ0v) is 12.0. The van der Waals surface area contributed by atoms with Crippen molar-refractivity contribution in [2.45, 2.75) is 19.3 Å². The Balaban J connectivity index is 0.00000180. The number of methoxy groups -OCH3 is 1. The number of hydrogen-bond donors (Lipinski definition) is 2. The second kappa shape index (κ2) is 8.02. The average molecular weight is 285 g/mol. The smallest absolute Gasteiger partial charge is 0.224 e. The first-order valence-electron chi connectivity index (χ1n) is 6.42. The maximum absolute atomic E-state index is 11.8. The van der Waals surface area contributed by atoms with Gasteiger partial charge in [0, 0.05) is 12.1 Å². The van der Waals surface area contributed by atoms with E-state index in [1.807, 2.05) is 24.3 Å². The van der Waals surface area contributed by atoms with Crippen molar-refractivity contribution in [3.8, 4) is 5.75 Å². The molecule has 1 unspecified atom stereocenters. The van der Waals surface area contributed by atoms with Crippen LogP contribution in [0.5, 0.6) is 5.75 Å². The molecule has 1 amide bonds. The summed E-state index contributed by atoms with van der Waals surface area (Å²) in [6.45, 7) is 2.14. The number of carbonyl (C=O) groups excluding carboxylic acids is 1. The summed E-state index contributed by atoms with van der Waals surface area (Å²) in [5.74, 6) is 1.55. The fraction of sp³-hybridized carbons (Fsp3) is 0.500. The number of rotatable bonds is 5. The number of anilines is 1. The van der Waals surface area contributed by atoms with Crippen LogP contribution >= 0.6 is 12.4 Å². The lowest BCUT2D eigenvalue weighted by atomic mass is 10.0. The van der Waals surface area contributed by atoms with Gasteiger partial charge in [0.25, 0.3) is 0 Å². The van der Waals surface area contributed by atoms with Crippen molar-refractivity contribution < 1.29 is 9.53 Å². The van der Waals surface area contributed by atoms with Crippen LogP contribution in [0.2, 0.25) is 0 Å². The maximum atomic E-state index is 11.8. The quantitative estimate of drug-likeness (QED) is 0.873. The Hall–Kier alpha value is -1.26. The topological polar surface area (TPSA) is 50.4 Å². The zero-order chi connectivity index (χ0) is 12.8. The number of ether oxygens (including phenoxy) is 1. The summed E-state index contributed by atoms with van der Waals surface area (Å²) in [7, 11) is 1.63. The van der Waals surface area contributed by atoms with E-state index in [-0.39, 0.29) is 18.3 Å². The molecule has 1 aliphatic rings. The molecule has 0 spiro atoms. The molecule has 1 aromatic carbocycles. The van der Waals surface area contributed by atoms with Crippen LogP contribution in [0.4, 0.5) is 5.69 Å². The van der Waals surface area contributed by atoms with Gasteiger partial charge in [0.05, 0.1) is 7.11 Å². The van der Waals surface area contributed by atoms with Crippen LogP contribution in [0.15, 0.2) is 24.3 Å². The molecule has 1 fully saturated rings. The largest absolute Gasteiger partial charge is 0.497 e. The Kier molecular flexibility index (Phi) is 6.67. The van der Waals surface area contributed by atoms with Crippen molar-refractivity contribution in [3.63, 3.8) is 0 Å². The minimum absolute atomic E-state index is 0. The van der Waals surface area contributed by atoms with E-state index in [1.54, 1.807) is 7.11 Å². The van der Waals surface area contributed by atoms with Gasteiger partial charge in [-0.3, -0.25) is 4.79 Å². The van der Waals surface area contributed by atoms with Crippen LogP contribution in [0.1, 0.15) is 19.3 Å². The first kappa shape index (κ1) is 15.8. The van der Waals surface area contributed by atoms with Crippen molar-refractivity contribution >= 4 is 24.0 Å². The summed E-state index contributed by atoms with van der Waals surface area (Å²) in [6, 6.07) is 7.40. The summed E-state index contributed by atoms with van der Waals surface area (Å²) in [5, 5.41) is 6.22. The van der Waals surface area contributed by atoms with Crippen LogP contribution in [-0.4, -0.2) is 26.1 Å². The van der Waals surface area contributed by atoms with Crippen molar-refractivity contribution in [1.82, 2.24) is 5.32 Å². The summed E-state index contributed by atoms with van der Waals surface area (Å²) >= 11 is 0. The molecular formula is C14H21ClN2O2. The van der Waals surface area contributed by atoms with Crippen LogP contribution in [-0.2, 0) is 4.79 Å². The van der Waals surface area contributed by atoms with Crippen molar-refractivity contribution in [1.29, 1.82) is 0 Å². The number of hydrogen-bond acceptors (Lipinski definition) is 3. The molecule has 1 atom stereocenters. The van der Waals surface area contributed by atoms with E-state index in [9.17, 15) is 4.79 Å². The summed E-state index contributed by atoms with van der Waals surface area (Å²) in [4.78, 5) is 11.8. The normalized spacial score (nSPS) is 17.6. The van der Waals surface area contributed by atoms with Crippen LogP contribution in [0.3, 0.4) is 0 Å². The number of halogens is 1. The molecule has 19 heavy (non-hydrogen) atoms. The average Bonchev–Trinajstić information content (AvgIpc) is 2.90. The predicted molar refractivity (Wildman–Crippen MR) is 79.1 cm³/mol. The van der Waals surface area contributed by atoms with Crippen LogP contribution in [0.25, 0.3) is 0 Å². The molecule has 0 bridgehead atoms. The highest BCUT2D eigenvalue weighted by Gasteiger charge is 2.15. The van der Waals surface area contributed by atoms with Gasteiger partial charge in [-0.25, -0.2) is 0 Å². The summed E-state index contributed by atoms with van der Waals surface area (Å²) < 4.78 is 5.07. The third-order valence-corrected chi connectivity index (χ3v) is 3.32. The SMILES string of the molecule is COc1ccc(NC(=O)CCC2CCNC2)cc1.Cl. The molecular weight excluding hydrogens is 264 g/mol. The Morgan fingerprint density at radius 3 is 2.74 bits per heavy atom. The molecule has 0 saturated carbocycles. The van der Waals surface area contributed by atoms with Gasteiger partial charge in [-0.2, -0.15) is 0 Å². The Bertz CT molecular complexity index is 389. The van der Waals surface area contributed by atoms with E-state index in [0.717, 1.165) is 30.9 Å². The van der Waals surface area contributed by atoms with E-state index in [0.29, 0.717) is 12.3 Å². The van der Waals surface area contributed by atoms with Gasteiger partial charge in [0.1, 0.15) is 5.75 Å². The highest BCUT2D eigenvalue weighted by atomic mass is 35.5. The minimum Gasteiger partial charge on any atom is -0.497 e. The van der Waals surface area contributed by atoms with Crippen molar-refractivity contribution in [2.24, 2.45) is 5.92 Å². The van der Waals surface area contributed by atoms with E-state index >= 15 is 0 Å². The Morgan fingerprint density at radius 1 is 1.42 bits per heavy atom. The molecule has 1 saturated heterocycles. The minimum atomic E-state index is 0. The summed E-state index contributed by atoms with van der Waals surface area (Å²) in [6.07, 6.45) is 2.75. The molecule has 0 radical (unpaired) electrons. The molecule has 106 valence electrons. The Labute approximate surface area is 120 Å². The monoisotopic (exact) mass is 284 g/mol. The second-order valence-electron chi connectivity index (χ2n) is 4.67. The fourth-order valence-corrected chi connectivity index (χ4v) is 2.19. The van der Waals surface area contributed by atoms with E-state index in [2.05, 4.69) is 10.6 Å². The van der Waals surface area contributed by atoms with Gasteiger partial charge in [-0.15, -0.1) is 12.4 Å². The molecule has 2 rings (SSSR count). The number of amides is 1. The van der Waals surface area contributed by atoms with Gasteiger partial charge in [-0.1, -0.05) is 0 Å². The first-order chi connectivity index (χ1) is 8.78. The highest BCUT2D eigenvalue weighted by Crippen LogP contribution is 2.17. The van der Waals surface area contributed by atoms with E-state index < -0.39 is 0 Å². The van der Waals surface area contributed by atoms with E-state index in [1.165, 1.54) is 6.42 Å². The molecule has 1 heterocycles. The van der Waals surface area contributed by atoms with Gasteiger partial charge in [0.15, 0.2) is 0 Å². The van der Waals surface area contributed by atoms with Gasteiger partial charge in [0.2, 0.25) is 5.91 Å². The molecule has 0 aliphatic carbocycles. The molecule has 4 nitrogen and oxygen atoms in total. The lowest BCUT2D eigenvalue weighted by Gasteiger charge is -2.09. The van der Waals surface area contributed by atoms with Crippen LogP contribution < -0.4 is 15.4 Å². The molecule has 1 aromatic rings. The zero-order valence-electron chi connectivity index (χ0n) is 11.1. The lowest BCUT2D eigenvalue weighted by Crippen LogP contribution is -2.14. The molecule has 1 aliphatic heterocycles. The molecule has 5 heteroatoms. The number of carbonyl (C=O) groups is 1. The number of benzene rings is 1. The third-order valence-electron chi connectivity index (χ3n) is 3.32. The fourth-order valence-electron chi connectivity index (χ4n) is 2.19.